The number of thioether (sulfide) groups is 1. The van der Waals surface area contributed by atoms with Gasteiger partial charge in [-0.3, -0.25) is 0 Å². The molecule has 0 fully saturated rings. The summed E-state index contributed by atoms with van der Waals surface area (Å²) in [5, 5.41) is 4.30. The summed E-state index contributed by atoms with van der Waals surface area (Å²) in [4.78, 5) is 0. The Morgan fingerprint density at radius 1 is 2.00 bits per heavy atom. The summed E-state index contributed by atoms with van der Waals surface area (Å²) in [5.41, 5.74) is 5.23. The largest absolute Gasteiger partial charge is 0.570 e. The first-order valence-electron chi connectivity index (χ1n) is 1.48. The molecule has 0 unspecified atom stereocenters. The third kappa shape index (κ3) is 0.542. The van der Waals surface area contributed by atoms with Gasteiger partial charge in [-0.15, -0.1) is 18.3 Å². The molecule has 1 rings (SSSR count). The average Bonchev–Trinajstić information content (AvgIpc) is 1.86. The molecular weight excluding hydrogens is 96.1 g/mol. The summed E-state index contributed by atoms with van der Waals surface area (Å²) in [7, 11) is 0. The van der Waals surface area contributed by atoms with Gasteiger partial charge in [-0.05, 0) is 0 Å². The monoisotopic (exact) mass is 99.0 g/mol. The molecule has 0 aromatic heterocycles. The van der Waals surface area contributed by atoms with Gasteiger partial charge in [0.15, 0.2) is 0 Å². The standard InChI is InChI=1S/C3H3N2S/c1-3-5-4-2-6-3/h2H,1H2/q-1. The van der Waals surface area contributed by atoms with Crippen LogP contribution in [0.3, 0.4) is 0 Å². The van der Waals surface area contributed by atoms with Gasteiger partial charge < -0.3 is 10.5 Å². The van der Waals surface area contributed by atoms with E-state index >= 15 is 0 Å². The molecule has 3 heteroatoms. The van der Waals surface area contributed by atoms with E-state index in [1.165, 1.54) is 11.8 Å². The summed E-state index contributed by atoms with van der Waals surface area (Å²) >= 11 is 1.44. The van der Waals surface area contributed by atoms with E-state index in [1.54, 1.807) is 5.55 Å². The van der Waals surface area contributed by atoms with Crippen LogP contribution in [-0.2, 0) is 0 Å². The SMILES string of the molecule is C=C1[N-]N=CS1. The highest BCUT2D eigenvalue weighted by Crippen LogP contribution is 2.23. The molecule has 0 spiro atoms. The van der Waals surface area contributed by atoms with Crippen molar-refractivity contribution in [3.63, 3.8) is 0 Å². The minimum atomic E-state index is 0.773. The maximum absolute atomic E-state index is 3.57. The van der Waals surface area contributed by atoms with Crippen LogP contribution in [0, 0.1) is 0 Å². The Bertz CT molecular complexity index is 87.0. The highest BCUT2D eigenvalue weighted by molar-refractivity contribution is 8.15. The predicted octanol–water partition coefficient (Wildman–Crippen LogP) is 1.52. The fourth-order valence-electron chi connectivity index (χ4n) is 0.196. The number of hydrogen-bond donors (Lipinski definition) is 0. The average molecular weight is 99.1 g/mol. The van der Waals surface area contributed by atoms with Crippen molar-refractivity contribution >= 4 is 17.3 Å². The van der Waals surface area contributed by atoms with Crippen molar-refractivity contribution < 1.29 is 0 Å². The topological polar surface area (TPSA) is 26.5 Å². The van der Waals surface area contributed by atoms with Crippen LogP contribution in [0.1, 0.15) is 0 Å². The van der Waals surface area contributed by atoms with Crippen LogP contribution < -0.4 is 0 Å². The molecule has 0 amide bonds. The quantitative estimate of drug-likeness (QED) is 0.452. The van der Waals surface area contributed by atoms with Gasteiger partial charge in [0.25, 0.3) is 0 Å². The number of nitrogens with zero attached hydrogens (tertiary/aromatic N) is 2. The van der Waals surface area contributed by atoms with E-state index in [9.17, 15) is 0 Å². The second-order valence-corrected chi connectivity index (χ2v) is 1.75. The Kier molecular flexibility index (Phi) is 0.837. The molecule has 0 bridgehead atoms. The van der Waals surface area contributed by atoms with Gasteiger partial charge in [0.05, 0.1) is 0 Å². The Balaban J connectivity index is 2.52. The van der Waals surface area contributed by atoms with E-state index in [1.807, 2.05) is 0 Å². The molecule has 0 aromatic carbocycles. The van der Waals surface area contributed by atoms with Crippen molar-refractivity contribution in [2.75, 3.05) is 0 Å². The Morgan fingerprint density at radius 3 is 3.00 bits per heavy atom. The van der Waals surface area contributed by atoms with Gasteiger partial charge in [-0.2, -0.15) is 0 Å². The van der Waals surface area contributed by atoms with Crippen molar-refractivity contribution in [2.24, 2.45) is 5.10 Å². The van der Waals surface area contributed by atoms with E-state index in [0.717, 1.165) is 5.03 Å². The molecular formula is C3H3N2S-. The van der Waals surface area contributed by atoms with Crippen LogP contribution >= 0.6 is 11.8 Å². The van der Waals surface area contributed by atoms with E-state index in [0.29, 0.717) is 0 Å². The molecule has 0 saturated carbocycles. The summed E-state index contributed by atoms with van der Waals surface area (Å²) in [6, 6.07) is 0. The van der Waals surface area contributed by atoms with Gasteiger partial charge in [-0.25, -0.2) is 0 Å². The zero-order valence-corrected chi connectivity index (χ0v) is 3.90. The zero-order chi connectivity index (χ0) is 4.41. The summed E-state index contributed by atoms with van der Waals surface area (Å²) in [6.07, 6.45) is 0. The maximum Gasteiger partial charge on any atom is 0.0407 e. The van der Waals surface area contributed by atoms with Crippen molar-refractivity contribution in [3.05, 3.63) is 17.0 Å². The normalized spacial score (nSPS) is 18.3. The maximum atomic E-state index is 3.57. The van der Waals surface area contributed by atoms with Gasteiger partial charge in [-0.1, -0.05) is 5.03 Å². The number of hydrogen-bond acceptors (Lipinski definition) is 2. The van der Waals surface area contributed by atoms with Crippen molar-refractivity contribution in [1.29, 1.82) is 0 Å². The fourth-order valence-corrected chi connectivity index (χ4v) is 0.506. The molecule has 0 saturated heterocycles. The lowest BCUT2D eigenvalue weighted by Crippen LogP contribution is -1.50. The van der Waals surface area contributed by atoms with Crippen LogP contribution in [0.4, 0.5) is 0 Å². The van der Waals surface area contributed by atoms with Crippen LogP contribution in [0.15, 0.2) is 16.7 Å². The third-order valence-corrected chi connectivity index (χ3v) is 0.959. The van der Waals surface area contributed by atoms with Crippen LogP contribution in [0.25, 0.3) is 5.43 Å². The van der Waals surface area contributed by atoms with Crippen molar-refractivity contribution in [3.8, 4) is 0 Å². The first-order chi connectivity index (χ1) is 2.89. The predicted molar refractivity (Wildman–Crippen MR) is 28.6 cm³/mol. The third-order valence-electron chi connectivity index (χ3n) is 0.405. The highest BCUT2D eigenvalue weighted by atomic mass is 32.2. The van der Waals surface area contributed by atoms with Crippen molar-refractivity contribution in [1.82, 2.24) is 0 Å². The van der Waals surface area contributed by atoms with E-state index < -0.39 is 0 Å². The van der Waals surface area contributed by atoms with Crippen molar-refractivity contribution in [2.45, 2.75) is 0 Å². The molecule has 1 aliphatic heterocycles. The van der Waals surface area contributed by atoms with Crippen LogP contribution in [-0.4, -0.2) is 5.55 Å². The smallest absolute Gasteiger partial charge is 0.0407 e. The minimum Gasteiger partial charge on any atom is -0.570 e. The second-order valence-electron chi connectivity index (χ2n) is 0.832. The fraction of sp³-hybridized carbons (Fsp3) is 0. The van der Waals surface area contributed by atoms with Crippen LogP contribution in [0.2, 0.25) is 0 Å². The van der Waals surface area contributed by atoms with E-state index in [-0.39, 0.29) is 0 Å². The van der Waals surface area contributed by atoms with E-state index in [4.69, 9.17) is 0 Å². The molecule has 0 N–H and O–H groups in total. The zero-order valence-electron chi connectivity index (χ0n) is 3.09. The Morgan fingerprint density at radius 2 is 2.83 bits per heavy atom. The Hall–Kier alpha value is -0.440. The molecule has 0 atom stereocenters. The number of rotatable bonds is 0. The van der Waals surface area contributed by atoms with Gasteiger partial charge in [0.2, 0.25) is 0 Å². The first-order valence-corrected chi connectivity index (χ1v) is 2.35. The molecule has 0 radical (unpaired) electrons. The lowest BCUT2D eigenvalue weighted by molar-refractivity contribution is 1.50. The second kappa shape index (κ2) is 1.34. The molecule has 6 heavy (non-hydrogen) atoms. The van der Waals surface area contributed by atoms with Crippen LogP contribution in [0.5, 0.6) is 0 Å². The Labute approximate surface area is 40.3 Å². The molecule has 1 aliphatic rings. The van der Waals surface area contributed by atoms with E-state index in [2.05, 4.69) is 17.1 Å². The summed E-state index contributed by atoms with van der Waals surface area (Å²) in [6.45, 7) is 3.53. The molecule has 2 nitrogen and oxygen atoms in total. The van der Waals surface area contributed by atoms with Gasteiger partial charge >= 0.3 is 0 Å². The summed E-state index contributed by atoms with van der Waals surface area (Å²) < 4.78 is 0. The molecule has 0 aromatic rings. The highest BCUT2D eigenvalue weighted by Gasteiger charge is 1.78. The lowest BCUT2D eigenvalue weighted by Gasteiger charge is -2.03. The van der Waals surface area contributed by atoms with Gasteiger partial charge in [0, 0.05) is 5.55 Å². The summed E-state index contributed by atoms with van der Waals surface area (Å²) in [5.74, 6) is 0. The molecule has 1 heterocycles. The molecule has 32 valence electrons. The molecule has 0 aliphatic carbocycles. The van der Waals surface area contributed by atoms with Gasteiger partial charge in [0.1, 0.15) is 0 Å². The lowest BCUT2D eigenvalue weighted by atomic mass is 11.1. The first kappa shape index (κ1) is 3.74. The minimum absolute atomic E-state index is 0.773.